The highest BCUT2D eigenvalue weighted by atomic mass is 32.1. The minimum atomic E-state index is 0.454. The van der Waals surface area contributed by atoms with E-state index in [1.807, 2.05) is 19.2 Å². The third-order valence-corrected chi connectivity index (χ3v) is 3.90. The lowest BCUT2D eigenvalue weighted by Crippen LogP contribution is -2.22. The van der Waals surface area contributed by atoms with E-state index in [1.54, 1.807) is 11.3 Å². The first-order valence-corrected chi connectivity index (χ1v) is 7.87. The predicted octanol–water partition coefficient (Wildman–Crippen LogP) is 3.57. The molecule has 0 aliphatic carbocycles. The summed E-state index contributed by atoms with van der Waals surface area (Å²) in [6, 6.07) is 6.70. The standard InChI is InChI=1S/C16H22N2OS/c1-12(2)17-10-14-11-18-13(3)9-16(14)19-7-6-15-5-4-8-20-15/h4-5,8-9,11-12,17H,6-7,10H2,1-3H3. The van der Waals surface area contributed by atoms with Gasteiger partial charge in [0.05, 0.1) is 6.61 Å². The van der Waals surface area contributed by atoms with E-state index in [1.165, 1.54) is 4.88 Å². The van der Waals surface area contributed by atoms with Crippen molar-refractivity contribution < 1.29 is 4.74 Å². The molecule has 2 rings (SSSR count). The summed E-state index contributed by atoms with van der Waals surface area (Å²) in [5, 5.41) is 5.51. The summed E-state index contributed by atoms with van der Waals surface area (Å²) in [7, 11) is 0. The number of thiophene rings is 1. The summed E-state index contributed by atoms with van der Waals surface area (Å²) >= 11 is 1.77. The lowest BCUT2D eigenvalue weighted by Gasteiger charge is -2.14. The summed E-state index contributed by atoms with van der Waals surface area (Å²) in [6.45, 7) is 7.77. The van der Waals surface area contributed by atoms with Crippen molar-refractivity contribution in [3.05, 3.63) is 45.9 Å². The van der Waals surface area contributed by atoms with Gasteiger partial charge in [0.15, 0.2) is 0 Å². The van der Waals surface area contributed by atoms with Crippen molar-refractivity contribution in [1.29, 1.82) is 0 Å². The first-order chi connectivity index (χ1) is 9.65. The summed E-state index contributed by atoms with van der Waals surface area (Å²) in [5.74, 6) is 0.946. The van der Waals surface area contributed by atoms with Crippen LogP contribution in [0.1, 0.15) is 30.0 Å². The van der Waals surface area contributed by atoms with E-state index in [9.17, 15) is 0 Å². The van der Waals surface area contributed by atoms with Crippen molar-refractivity contribution in [2.75, 3.05) is 6.61 Å². The van der Waals surface area contributed by atoms with E-state index in [-0.39, 0.29) is 0 Å². The molecule has 0 spiro atoms. The Labute approximate surface area is 125 Å². The lowest BCUT2D eigenvalue weighted by atomic mass is 10.2. The van der Waals surface area contributed by atoms with Gasteiger partial charge in [0.1, 0.15) is 5.75 Å². The maximum Gasteiger partial charge on any atom is 0.127 e. The third-order valence-electron chi connectivity index (χ3n) is 2.97. The van der Waals surface area contributed by atoms with Crippen LogP contribution >= 0.6 is 11.3 Å². The minimum absolute atomic E-state index is 0.454. The normalized spacial score (nSPS) is 11.0. The first kappa shape index (κ1) is 15.0. The van der Waals surface area contributed by atoms with Gasteiger partial charge in [-0.05, 0) is 18.4 Å². The Hall–Kier alpha value is -1.39. The third kappa shape index (κ3) is 4.62. The monoisotopic (exact) mass is 290 g/mol. The van der Waals surface area contributed by atoms with E-state index in [2.05, 4.69) is 41.7 Å². The molecule has 2 aromatic rings. The molecule has 0 saturated carbocycles. The molecule has 20 heavy (non-hydrogen) atoms. The lowest BCUT2D eigenvalue weighted by molar-refractivity contribution is 0.317. The van der Waals surface area contributed by atoms with E-state index in [4.69, 9.17) is 4.74 Å². The van der Waals surface area contributed by atoms with Crippen LogP contribution in [0.5, 0.6) is 5.75 Å². The van der Waals surface area contributed by atoms with Crippen LogP contribution in [0.25, 0.3) is 0 Å². The van der Waals surface area contributed by atoms with Crippen molar-refractivity contribution >= 4 is 11.3 Å². The van der Waals surface area contributed by atoms with Crippen LogP contribution in [0, 0.1) is 6.92 Å². The Balaban J connectivity index is 1.95. The largest absolute Gasteiger partial charge is 0.493 e. The van der Waals surface area contributed by atoms with Gasteiger partial charge in [-0.3, -0.25) is 4.98 Å². The van der Waals surface area contributed by atoms with Crippen LogP contribution in [0.2, 0.25) is 0 Å². The fourth-order valence-corrected chi connectivity index (χ4v) is 2.55. The summed E-state index contributed by atoms with van der Waals surface area (Å²) < 4.78 is 5.95. The van der Waals surface area contributed by atoms with Crippen LogP contribution < -0.4 is 10.1 Å². The summed E-state index contributed by atoms with van der Waals surface area (Å²) in [4.78, 5) is 5.72. The fourth-order valence-electron chi connectivity index (χ4n) is 1.86. The average molecular weight is 290 g/mol. The molecule has 0 saturated heterocycles. The zero-order valence-corrected chi connectivity index (χ0v) is 13.2. The van der Waals surface area contributed by atoms with Crippen LogP contribution in [0.15, 0.2) is 29.8 Å². The molecule has 2 heterocycles. The van der Waals surface area contributed by atoms with Gasteiger partial charge in [-0.2, -0.15) is 0 Å². The Morgan fingerprint density at radius 2 is 2.25 bits per heavy atom. The highest BCUT2D eigenvalue weighted by Gasteiger charge is 2.06. The van der Waals surface area contributed by atoms with Crippen molar-refractivity contribution in [3.63, 3.8) is 0 Å². The van der Waals surface area contributed by atoms with Gasteiger partial charge in [0, 0.05) is 47.4 Å². The quantitative estimate of drug-likeness (QED) is 0.846. The van der Waals surface area contributed by atoms with Crippen LogP contribution in [0.3, 0.4) is 0 Å². The van der Waals surface area contributed by atoms with E-state index in [0.717, 1.165) is 30.0 Å². The molecule has 0 aliphatic heterocycles. The fraction of sp³-hybridized carbons (Fsp3) is 0.438. The van der Waals surface area contributed by atoms with Gasteiger partial charge in [-0.15, -0.1) is 11.3 Å². The number of rotatable bonds is 7. The molecule has 0 aromatic carbocycles. The molecule has 1 N–H and O–H groups in total. The second-order valence-electron chi connectivity index (χ2n) is 5.15. The number of aryl methyl sites for hydroxylation is 1. The SMILES string of the molecule is Cc1cc(OCCc2cccs2)c(CNC(C)C)cn1. The van der Waals surface area contributed by atoms with E-state index >= 15 is 0 Å². The number of hydrogen-bond acceptors (Lipinski definition) is 4. The summed E-state index contributed by atoms with van der Waals surface area (Å²) in [5.41, 5.74) is 2.11. The molecule has 0 bridgehead atoms. The van der Waals surface area contributed by atoms with Crippen LogP contribution in [-0.2, 0) is 13.0 Å². The van der Waals surface area contributed by atoms with Crippen LogP contribution in [-0.4, -0.2) is 17.6 Å². The van der Waals surface area contributed by atoms with E-state index in [0.29, 0.717) is 12.6 Å². The molecular weight excluding hydrogens is 268 g/mol. The molecule has 108 valence electrons. The van der Waals surface area contributed by atoms with Crippen molar-refractivity contribution in [3.8, 4) is 5.75 Å². The first-order valence-electron chi connectivity index (χ1n) is 6.99. The number of nitrogens with zero attached hydrogens (tertiary/aromatic N) is 1. The Morgan fingerprint density at radius 3 is 2.95 bits per heavy atom. The Kier molecular flexibility index (Phi) is 5.56. The van der Waals surface area contributed by atoms with Crippen molar-refractivity contribution in [1.82, 2.24) is 10.3 Å². The summed E-state index contributed by atoms with van der Waals surface area (Å²) in [6.07, 6.45) is 2.86. The number of hydrogen-bond donors (Lipinski definition) is 1. The van der Waals surface area contributed by atoms with Crippen LogP contribution in [0.4, 0.5) is 0 Å². The van der Waals surface area contributed by atoms with E-state index < -0.39 is 0 Å². The zero-order valence-electron chi connectivity index (χ0n) is 12.3. The number of pyridine rings is 1. The average Bonchev–Trinajstić information content (AvgIpc) is 2.91. The Morgan fingerprint density at radius 1 is 1.40 bits per heavy atom. The molecule has 0 amide bonds. The maximum atomic E-state index is 5.95. The van der Waals surface area contributed by atoms with Gasteiger partial charge < -0.3 is 10.1 Å². The smallest absolute Gasteiger partial charge is 0.127 e. The Bertz CT molecular complexity index is 523. The number of ether oxygens (including phenoxy) is 1. The number of aromatic nitrogens is 1. The topological polar surface area (TPSA) is 34.1 Å². The number of nitrogens with one attached hydrogen (secondary N) is 1. The molecule has 0 atom stereocenters. The van der Waals surface area contributed by atoms with Gasteiger partial charge >= 0.3 is 0 Å². The molecule has 0 unspecified atom stereocenters. The molecule has 0 fully saturated rings. The van der Waals surface area contributed by atoms with Gasteiger partial charge in [-0.25, -0.2) is 0 Å². The predicted molar refractivity (Wildman–Crippen MR) is 84.5 cm³/mol. The molecule has 0 radical (unpaired) electrons. The zero-order chi connectivity index (χ0) is 14.4. The highest BCUT2D eigenvalue weighted by Crippen LogP contribution is 2.19. The van der Waals surface area contributed by atoms with Gasteiger partial charge in [0.2, 0.25) is 0 Å². The molecule has 3 nitrogen and oxygen atoms in total. The highest BCUT2D eigenvalue weighted by molar-refractivity contribution is 7.09. The van der Waals surface area contributed by atoms with Crippen molar-refractivity contribution in [2.45, 2.75) is 39.8 Å². The van der Waals surface area contributed by atoms with Gasteiger partial charge in [0.25, 0.3) is 0 Å². The second kappa shape index (κ2) is 7.41. The maximum absolute atomic E-state index is 5.95. The van der Waals surface area contributed by atoms with Gasteiger partial charge in [-0.1, -0.05) is 19.9 Å². The molecular formula is C16H22N2OS. The molecule has 4 heteroatoms. The molecule has 2 aromatic heterocycles. The van der Waals surface area contributed by atoms with Crippen molar-refractivity contribution in [2.24, 2.45) is 0 Å². The minimum Gasteiger partial charge on any atom is -0.493 e. The molecule has 0 aliphatic rings. The second-order valence-corrected chi connectivity index (χ2v) is 6.18.